The number of nitrogens with zero attached hydrogens (tertiary/aromatic N) is 4. The number of aromatic amines is 1. The van der Waals surface area contributed by atoms with Gasteiger partial charge in [0.1, 0.15) is 5.69 Å². The van der Waals surface area contributed by atoms with E-state index in [1.165, 1.54) is 24.4 Å². The number of fused-ring (bicyclic) bond motifs is 1. The second-order valence-corrected chi connectivity index (χ2v) is 7.77. The Kier molecular flexibility index (Phi) is 3.62. The minimum Gasteiger partial charge on any atom is -0.368 e. The average molecular weight is 441 g/mol. The minimum absolute atomic E-state index is 0.0225. The zero-order valence-electron chi connectivity index (χ0n) is 25.5. The number of aromatic nitrogens is 3. The van der Waals surface area contributed by atoms with Crippen LogP contribution in [0.1, 0.15) is 52.3 Å². The molecular weight excluding hydrogens is 404 g/mol. The maximum absolute atomic E-state index is 12.3. The molecule has 1 amide bonds. The third kappa shape index (κ3) is 4.50. The zero-order valence-corrected chi connectivity index (χ0v) is 17.5. The van der Waals surface area contributed by atoms with Gasteiger partial charge in [-0.25, -0.2) is 4.98 Å². The van der Waals surface area contributed by atoms with Gasteiger partial charge in [0, 0.05) is 55.8 Å². The highest BCUT2D eigenvalue weighted by Gasteiger charge is 2.24. The molecule has 1 saturated carbocycles. The van der Waals surface area contributed by atoms with Gasteiger partial charge in [-0.3, -0.25) is 19.5 Å². The minimum atomic E-state index is -3.10. The number of nitrogens with one attached hydrogen (secondary N) is 2. The van der Waals surface area contributed by atoms with Crippen molar-refractivity contribution in [2.45, 2.75) is 38.8 Å². The first-order chi connectivity index (χ1) is 18.6. The number of hydrogen-bond acceptors (Lipinski definition) is 6. The molecule has 8 heteroatoms. The van der Waals surface area contributed by atoms with Crippen LogP contribution in [0.5, 0.6) is 0 Å². The van der Waals surface area contributed by atoms with Crippen molar-refractivity contribution in [3.8, 4) is 0 Å². The highest BCUT2D eigenvalue weighted by atomic mass is 16.2. The second-order valence-electron chi connectivity index (χ2n) is 7.77. The molecule has 5 rings (SSSR count). The molecule has 166 valence electrons. The molecule has 2 fully saturated rings. The van der Waals surface area contributed by atoms with Gasteiger partial charge in [-0.1, -0.05) is 6.92 Å². The molecule has 0 aromatic carbocycles. The van der Waals surface area contributed by atoms with E-state index in [0.29, 0.717) is 32.8 Å². The molecule has 2 aliphatic rings. The first-order valence-electron chi connectivity index (χ1n) is 14.5. The van der Waals surface area contributed by atoms with Gasteiger partial charge < -0.3 is 15.2 Å². The van der Waals surface area contributed by atoms with Gasteiger partial charge in [0.25, 0.3) is 11.5 Å². The number of pyridine rings is 3. The van der Waals surface area contributed by atoms with Crippen LogP contribution in [-0.2, 0) is 13.0 Å². The largest absolute Gasteiger partial charge is 0.368 e. The summed E-state index contributed by atoms with van der Waals surface area (Å²) >= 11 is 0. The van der Waals surface area contributed by atoms with Crippen molar-refractivity contribution in [1.29, 1.82) is 0 Å². The van der Waals surface area contributed by atoms with Gasteiger partial charge in [-0.2, -0.15) is 0 Å². The van der Waals surface area contributed by atoms with Crippen molar-refractivity contribution in [1.82, 2.24) is 25.2 Å². The Morgan fingerprint density at radius 3 is 2.69 bits per heavy atom. The first-order valence-corrected chi connectivity index (χ1v) is 10.5. The fraction of sp³-hybridized carbons (Fsp3) is 0.417. The Balaban J connectivity index is 1.50. The van der Waals surface area contributed by atoms with Gasteiger partial charge in [0.15, 0.2) is 0 Å². The SMILES string of the molecule is [2H]C1([2H])N(Cc2cnc3cc(CC)c(=O)[nH]c3c2)C([2H])([2H])C([2H])([2H])N(c2ccc(C(=O)NC3CC3)nc2)C1([2H])[2H]. The van der Waals surface area contributed by atoms with E-state index in [1.807, 2.05) is 6.92 Å². The molecular formula is C24H28N6O2. The van der Waals surface area contributed by atoms with Gasteiger partial charge in [-0.15, -0.1) is 0 Å². The Morgan fingerprint density at radius 2 is 2.00 bits per heavy atom. The number of rotatable bonds is 6. The quantitative estimate of drug-likeness (QED) is 0.610. The molecule has 1 saturated heterocycles. The fourth-order valence-corrected chi connectivity index (χ4v) is 3.32. The van der Waals surface area contributed by atoms with E-state index in [9.17, 15) is 9.59 Å². The molecule has 1 aliphatic carbocycles. The van der Waals surface area contributed by atoms with E-state index >= 15 is 0 Å². The number of carbonyl (C=O) groups excluding carboxylic acids is 1. The number of aryl methyl sites for hydroxylation is 1. The van der Waals surface area contributed by atoms with Crippen LogP contribution in [0.15, 0.2) is 41.5 Å². The van der Waals surface area contributed by atoms with Crippen molar-refractivity contribution in [2.75, 3.05) is 30.9 Å². The van der Waals surface area contributed by atoms with Crippen molar-refractivity contribution in [2.24, 2.45) is 0 Å². The van der Waals surface area contributed by atoms with Crippen molar-refractivity contribution >= 4 is 22.6 Å². The summed E-state index contributed by atoms with van der Waals surface area (Å²) in [6.45, 7) is -11.1. The van der Waals surface area contributed by atoms with Crippen LogP contribution in [-0.4, -0.2) is 57.8 Å². The Morgan fingerprint density at radius 1 is 1.19 bits per heavy atom. The summed E-state index contributed by atoms with van der Waals surface area (Å²) in [5.41, 5.74) is 1.06. The lowest BCUT2D eigenvalue weighted by Crippen LogP contribution is -2.46. The summed E-state index contributed by atoms with van der Waals surface area (Å²) < 4.78 is 69.6. The molecule has 32 heavy (non-hydrogen) atoms. The first kappa shape index (κ1) is 13.3. The lowest BCUT2D eigenvalue weighted by Gasteiger charge is -2.36. The highest BCUT2D eigenvalue weighted by molar-refractivity contribution is 5.92. The third-order valence-corrected chi connectivity index (χ3v) is 5.29. The fourth-order valence-electron chi connectivity index (χ4n) is 3.32. The Hall–Kier alpha value is -3.26. The van der Waals surface area contributed by atoms with E-state index in [4.69, 9.17) is 11.0 Å². The van der Waals surface area contributed by atoms with Crippen LogP contribution in [0.25, 0.3) is 11.0 Å². The number of piperazine rings is 1. The van der Waals surface area contributed by atoms with Gasteiger partial charge in [0.05, 0.1) is 28.4 Å². The molecule has 3 aromatic rings. The van der Waals surface area contributed by atoms with E-state index in [1.54, 1.807) is 6.07 Å². The van der Waals surface area contributed by atoms with Crippen LogP contribution in [0, 0.1) is 0 Å². The molecule has 2 N–H and O–H groups in total. The second kappa shape index (κ2) is 8.70. The summed E-state index contributed by atoms with van der Waals surface area (Å²) in [5, 5.41) is 2.76. The topological polar surface area (TPSA) is 94.2 Å². The number of carbonyl (C=O) groups is 1. The molecule has 4 heterocycles. The normalized spacial score (nSPS) is 27.0. The zero-order chi connectivity index (χ0) is 29.3. The maximum Gasteiger partial charge on any atom is 0.270 e. The van der Waals surface area contributed by atoms with Crippen molar-refractivity contribution < 1.29 is 15.8 Å². The maximum atomic E-state index is 12.3. The Bertz CT molecular complexity index is 1500. The summed E-state index contributed by atoms with van der Waals surface area (Å²) in [6, 6.07) is 5.68. The summed E-state index contributed by atoms with van der Waals surface area (Å²) in [5.74, 6) is -0.438. The van der Waals surface area contributed by atoms with Crippen LogP contribution in [0.4, 0.5) is 5.69 Å². The molecule has 1 aliphatic heterocycles. The standard InChI is InChI=1S/C24H28N6O2/c1-2-17-12-21-22(28-23(17)31)11-16(13-25-21)15-29-7-9-30(10-8-29)19-5-6-20(26-14-19)24(32)27-18-3-4-18/h5-6,11-14,18H,2-4,7-10,15H2,1H3,(H,27,32)(H,28,31)/i7D2,8D2,9D2,10D2. The van der Waals surface area contributed by atoms with Crippen molar-refractivity contribution in [3.05, 3.63) is 63.8 Å². The van der Waals surface area contributed by atoms with E-state index in [2.05, 4.69) is 20.3 Å². The number of H-pyrrole nitrogens is 1. The predicted molar refractivity (Wildman–Crippen MR) is 124 cm³/mol. The number of hydrogen-bond donors (Lipinski definition) is 2. The molecule has 3 aromatic heterocycles. The summed E-state index contributed by atoms with van der Waals surface area (Å²) in [6.07, 6.45) is 4.62. The van der Waals surface area contributed by atoms with Crippen molar-refractivity contribution in [3.63, 3.8) is 0 Å². The number of anilines is 1. The smallest absolute Gasteiger partial charge is 0.270 e. The van der Waals surface area contributed by atoms with E-state index in [0.717, 1.165) is 19.0 Å². The number of amides is 1. The summed E-state index contributed by atoms with van der Waals surface area (Å²) in [7, 11) is 0. The lowest BCUT2D eigenvalue weighted by molar-refractivity contribution is 0.0946. The van der Waals surface area contributed by atoms with Gasteiger partial charge in [0.2, 0.25) is 0 Å². The van der Waals surface area contributed by atoms with Crippen LogP contribution in [0.2, 0.25) is 0 Å². The molecule has 0 bridgehead atoms. The van der Waals surface area contributed by atoms with Crippen LogP contribution >= 0.6 is 0 Å². The van der Waals surface area contributed by atoms with Gasteiger partial charge >= 0.3 is 0 Å². The molecule has 0 unspecified atom stereocenters. The molecule has 8 nitrogen and oxygen atoms in total. The predicted octanol–water partition coefficient (Wildman–Crippen LogP) is 2.09. The van der Waals surface area contributed by atoms with Gasteiger partial charge in [-0.05, 0) is 49.1 Å². The Labute approximate surface area is 197 Å². The van der Waals surface area contributed by atoms with E-state index in [-0.39, 0.29) is 28.5 Å². The molecule has 0 radical (unpaired) electrons. The third-order valence-electron chi connectivity index (χ3n) is 5.29. The highest BCUT2D eigenvalue weighted by Crippen LogP contribution is 2.20. The average Bonchev–Trinajstić information content (AvgIpc) is 3.70. The van der Waals surface area contributed by atoms with Crippen LogP contribution < -0.4 is 15.8 Å². The molecule has 0 spiro atoms. The monoisotopic (exact) mass is 440 g/mol. The molecule has 0 atom stereocenters. The van der Waals surface area contributed by atoms with E-state index < -0.39 is 38.4 Å². The van der Waals surface area contributed by atoms with Crippen LogP contribution in [0.3, 0.4) is 0 Å². The summed E-state index contributed by atoms with van der Waals surface area (Å²) in [4.78, 5) is 36.5. The lowest BCUT2D eigenvalue weighted by atomic mass is 10.1.